The second kappa shape index (κ2) is 4.29. The molecule has 0 saturated heterocycles. The molecule has 3 rings (SSSR count). The van der Waals surface area contributed by atoms with E-state index in [-0.39, 0.29) is 0 Å². The maximum Gasteiger partial charge on any atom is 0.328 e. The zero-order valence-corrected chi connectivity index (χ0v) is 9.89. The van der Waals surface area contributed by atoms with Crippen molar-refractivity contribution in [2.75, 3.05) is 0 Å². The van der Waals surface area contributed by atoms with Crippen LogP contribution in [-0.2, 0) is 4.79 Å². The molecule has 4 nitrogen and oxygen atoms in total. The number of nitrogens with one attached hydrogen (secondary N) is 1. The van der Waals surface area contributed by atoms with Crippen molar-refractivity contribution in [1.29, 1.82) is 0 Å². The molecular formula is C14H14N2O2. The third-order valence-corrected chi connectivity index (χ3v) is 3.43. The lowest BCUT2D eigenvalue weighted by molar-refractivity contribution is -0.131. The molecule has 0 amide bonds. The Bertz CT molecular complexity index is 624. The molecule has 0 atom stereocenters. The minimum absolute atomic E-state index is 0.579. The number of aliphatic carboxylic acids is 1. The third kappa shape index (κ3) is 2.01. The van der Waals surface area contributed by atoms with Crippen LogP contribution < -0.4 is 0 Å². The predicted octanol–water partition coefficient (Wildman–Crippen LogP) is 2.93. The second-order valence-electron chi connectivity index (χ2n) is 4.70. The summed E-state index contributed by atoms with van der Waals surface area (Å²) in [6.45, 7) is 0. The summed E-state index contributed by atoms with van der Waals surface area (Å²) in [5, 5.41) is 8.60. The zero-order chi connectivity index (χ0) is 12.5. The minimum atomic E-state index is -0.935. The van der Waals surface area contributed by atoms with Crippen LogP contribution in [0, 0.1) is 0 Å². The largest absolute Gasteiger partial charge is 0.478 e. The molecule has 1 aromatic carbocycles. The van der Waals surface area contributed by atoms with Crippen molar-refractivity contribution in [3.63, 3.8) is 0 Å². The fourth-order valence-corrected chi connectivity index (χ4v) is 2.19. The summed E-state index contributed by atoms with van der Waals surface area (Å²) in [4.78, 5) is 18.4. The van der Waals surface area contributed by atoms with E-state index >= 15 is 0 Å². The molecule has 1 heterocycles. The molecule has 4 heteroatoms. The Labute approximate surface area is 104 Å². The fourth-order valence-electron chi connectivity index (χ4n) is 2.19. The van der Waals surface area contributed by atoms with Crippen molar-refractivity contribution in [2.45, 2.75) is 25.2 Å². The van der Waals surface area contributed by atoms with Crippen LogP contribution in [0.4, 0.5) is 0 Å². The van der Waals surface area contributed by atoms with Gasteiger partial charge in [-0.15, -0.1) is 0 Å². The van der Waals surface area contributed by atoms with E-state index in [1.165, 1.54) is 19.3 Å². The fraction of sp³-hybridized carbons (Fsp3) is 0.286. The van der Waals surface area contributed by atoms with Gasteiger partial charge in [0.05, 0.1) is 11.0 Å². The monoisotopic (exact) mass is 242 g/mol. The quantitative estimate of drug-likeness (QED) is 0.813. The Kier molecular flexibility index (Phi) is 2.63. The van der Waals surface area contributed by atoms with E-state index in [4.69, 9.17) is 5.11 Å². The predicted molar refractivity (Wildman–Crippen MR) is 69.4 cm³/mol. The first-order valence-electron chi connectivity index (χ1n) is 6.13. The number of H-pyrrole nitrogens is 1. The van der Waals surface area contributed by atoms with Gasteiger partial charge in [-0.25, -0.2) is 9.78 Å². The Morgan fingerprint density at radius 1 is 1.44 bits per heavy atom. The molecule has 0 bridgehead atoms. The van der Waals surface area contributed by atoms with Gasteiger partial charge in [-0.2, -0.15) is 0 Å². The maximum absolute atomic E-state index is 10.5. The molecule has 1 saturated carbocycles. The normalized spacial score (nSPS) is 16.2. The molecule has 1 aliphatic carbocycles. The highest BCUT2D eigenvalue weighted by molar-refractivity contribution is 5.86. The number of benzene rings is 1. The van der Waals surface area contributed by atoms with Crippen LogP contribution in [0.15, 0.2) is 24.3 Å². The van der Waals surface area contributed by atoms with Crippen LogP contribution in [0.2, 0.25) is 0 Å². The SMILES string of the molecule is O=C(O)/C=C/c1ccc2nc(C3CCC3)[nH]c2c1. The first kappa shape index (κ1) is 11.0. The summed E-state index contributed by atoms with van der Waals surface area (Å²) < 4.78 is 0. The third-order valence-electron chi connectivity index (χ3n) is 3.43. The van der Waals surface area contributed by atoms with E-state index in [2.05, 4.69) is 9.97 Å². The van der Waals surface area contributed by atoms with Crippen molar-refractivity contribution in [3.8, 4) is 0 Å². The number of rotatable bonds is 3. The molecule has 18 heavy (non-hydrogen) atoms. The van der Waals surface area contributed by atoms with Gasteiger partial charge >= 0.3 is 5.97 Å². The van der Waals surface area contributed by atoms with Crippen LogP contribution in [0.3, 0.4) is 0 Å². The molecule has 1 aliphatic rings. The summed E-state index contributed by atoms with van der Waals surface area (Å²) >= 11 is 0. The second-order valence-corrected chi connectivity index (χ2v) is 4.70. The lowest BCUT2D eigenvalue weighted by Crippen LogP contribution is -2.10. The van der Waals surface area contributed by atoms with Gasteiger partial charge in [-0.05, 0) is 36.6 Å². The standard InChI is InChI=1S/C14H14N2O2/c17-13(18)7-5-9-4-6-11-12(8-9)16-14(15-11)10-2-1-3-10/h4-8,10H,1-3H2,(H,15,16)(H,17,18)/b7-5+. The van der Waals surface area contributed by atoms with Crippen molar-refractivity contribution in [2.24, 2.45) is 0 Å². The van der Waals surface area contributed by atoms with Gasteiger partial charge in [-0.3, -0.25) is 0 Å². The molecule has 1 aromatic heterocycles. The average molecular weight is 242 g/mol. The van der Waals surface area contributed by atoms with Crippen LogP contribution in [-0.4, -0.2) is 21.0 Å². The lowest BCUT2D eigenvalue weighted by Gasteiger charge is -2.22. The molecule has 2 N–H and O–H groups in total. The lowest BCUT2D eigenvalue weighted by atomic mass is 9.85. The van der Waals surface area contributed by atoms with E-state index in [1.54, 1.807) is 6.08 Å². The Morgan fingerprint density at radius 2 is 2.28 bits per heavy atom. The summed E-state index contributed by atoms with van der Waals surface area (Å²) in [5.74, 6) is 0.709. The van der Waals surface area contributed by atoms with E-state index < -0.39 is 5.97 Å². The molecule has 0 radical (unpaired) electrons. The average Bonchev–Trinajstić information content (AvgIpc) is 2.65. The topological polar surface area (TPSA) is 66.0 Å². The van der Waals surface area contributed by atoms with Crippen LogP contribution in [0.25, 0.3) is 17.1 Å². The maximum atomic E-state index is 10.5. The number of fused-ring (bicyclic) bond motifs is 1. The molecule has 0 spiro atoms. The summed E-state index contributed by atoms with van der Waals surface area (Å²) in [5.41, 5.74) is 2.79. The van der Waals surface area contributed by atoms with E-state index in [9.17, 15) is 4.79 Å². The zero-order valence-electron chi connectivity index (χ0n) is 9.89. The molecule has 1 fully saturated rings. The van der Waals surface area contributed by atoms with Gasteiger partial charge in [0.1, 0.15) is 5.82 Å². The van der Waals surface area contributed by atoms with E-state index in [0.717, 1.165) is 28.5 Å². The van der Waals surface area contributed by atoms with Crippen LogP contribution in [0.5, 0.6) is 0 Å². The summed E-state index contributed by atoms with van der Waals surface area (Å²) in [6, 6.07) is 5.74. The highest BCUT2D eigenvalue weighted by Crippen LogP contribution is 2.35. The minimum Gasteiger partial charge on any atom is -0.478 e. The number of carbonyl (C=O) groups is 1. The van der Waals surface area contributed by atoms with Gasteiger partial charge in [0, 0.05) is 12.0 Å². The highest BCUT2D eigenvalue weighted by atomic mass is 16.4. The molecule has 2 aromatic rings. The van der Waals surface area contributed by atoms with Gasteiger partial charge in [0.15, 0.2) is 0 Å². The van der Waals surface area contributed by atoms with Crippen molar-refractivity contribution in [3.05, 3.63) is 35.7 Å². The Morgan fingerprint density at radius 3 is 2.94 bits per heavy atom. The summed E-state index contributed by atoms with van der Waals surface area (Å²) in [6.07, 6.45) is 6.45. The number of hydrogen-bond donors (Lipinski definition) is 2. The van der Waals surface area contributed by atoms with Gasteiger partial charge in [0.2, 0.25) is 0 Å². The molecular weight excluding hydrogens is 228 g/mol. The number of imidazole rings is 1. The van der Waals surface area contributed by atoms with Gasteiger partial charge < -0.3 is 10.1 Å². The number of carboxylic acid groups (broad SMARTS) is 1. The molecule has 0 aliphatic heterocycles. The number of carboxylic acids is 1. The first-order chi connectivity index (χ1) is 8.72. The first-order valence-corrected chi connectivity index (χ1v) is 6.13. The number of nitrogens with zero attached hydrogens (tertiary/aromatic N) is 1. The Balaban J connectivity index is 1.93. The molecule has 0 unspecified atom stereocenters. The van der Waals surface area contributed by atoms with Crippen molar-refractivity contribution >= 4 is 23.1 Å². The van der Waals surface area contributed by atoms with E-state index in [1.807, 2.05) is 18.2 Å². The highest BCUT2D eigenvalue weighted by Gasteiger charge is 2.22. The summed E-state index contributed by atoms with van der Waals surface area (Å²) in [7, 11) is 0. The number of aromatic nitrogens is 2. The van der Waals surface area contributed by atoms with Crippen LogP contribution >= 0.6 is 0 Å². The number of hydrogen-bond acceptors (Lipinski definition) is 2. The number of aromatic amines is 1. The van der Waals surface area contributed by atoms with E-state index in [0.29, 0.717) is 5.92 Å². The van der Waals surface area contributed by atoms with Crippen molar-refractivity contribution < 1.29 is 9.90 Å². The smallest absolute Gasteiger partial charge is 0.328 e. The van der Waals surface area contributed by atoms with Crippen molar-refractivity contribution in [1.82, 2.24) is 9.97 Å². The van der Waals surface area contributed by atoms with Crippen LogP contribution in [0.1, 0.15) is 36.6 Å². The van der Waals surface area contributed by atoms with Gasteiger partial charge in [-0.1, -0.05) is 12.5 Å². The van der Waals surface area contributed by atoms with Gasteiger partial charge in [0.25, 0.3) is 0 Å². The Hall–Kier alpha value is -2.10. The molecule has 92 valence electrons.